The molecule has 2 aliphatic heterocycles. The molecule has 48 heavy (non-hydrogen) atoms. The van der Waals surface area contributed by atoms with Crippen molar-refractivity contribution >= 4 is 45.8 Å². The molecule has 4 aromatic carbocycles. The molecule has 0 radical (unpaired) electrons. The van der Waals surface area contributed by atoms with Gasteiger partial charge in [0.1, 0.15) is 12.1 Å². The van der Waals surface area contributed by atoms with Crippen molar-refractivity contribution in [1.82, 2.24) is 0 Å². The van der Waals surface area contributed by atoms with E-state index < -0.39 is 23.6 Å². The van der Waals surface area contributed by atoms with E-state index in [-0.39, 0.29) is 67.8 Å². The topological polar surface area (TPSA) is 122 Å². The lowest BCUT2D eigenvalue weighted by molar-refractivity contribution is 0.0872. The first kappa shape index (κ1) is 32.3. The van der Waals surface area contributed by atoms with Crippen LogP contribution in [0.3, 0.4) is 0 Å². The van der Waals surface area contributed by atoms with Gasteiger partial charge in [0.25, 0.3) is 23.6 Å². The highest BCUT2D eigenvalue weighted by molar-refractivity contribution is 6.43. The van der Waals surface area contributed by atoms with Crippen molar-refractivity contribution in [2.24, 2.45) is 0 Å². The van der Waals surface area contributed by atoms with Gasteiger partial charge >= 0.3 is 0 Å². The van der Waals surface area contributed by atoms with Gasteiger partial charge in [-0.15, -0.1) is 0 Å². The van der Waals surface area contributed by atoms with Gasteiger partial charge in [-0.25, -0.2) is 9.80 Å². The summed E-state index contributed by atoms with van der Waals surface area (Å²) in [7, 11) is 0. The van der Waals surface area contributed by atoms with Crippen LogP contribution in [0.4, 0.5) is 11.4 Å². The largest absolute Gasteiger partial charge is 0.268 e. The predicted molar refractivity (Wildman–Crippen MR) is 185 cm³/mol. The summed E-state index contributed by atoms with van der Waals surface area (Å²) in [6.45, 7) is 15.8. The molecule has 0 aromatic heterocycles. The van der Waals surface area contributed by atoms with E-state index in [0.717, 1.165) is 32.1 Å². The zero-order valence-electron chi connectivity index (χ0n) is 28.4. The summed E-state index contributed by atoms with van der Waals surface area (Å²) >= 11 is 0. The summed E-state index contributed by atoms with van der Waals surface area (Å²) in [6.07, 6.45) is 0. The summed E-state index contributed by atoms with van der Waals surface area (Å²) < 4.78 is 0. The summed E-state index contributed by atoms with van der Waals surface area (Å²) in [5.41, 5.74) is 3.64. The second kappa shape index (κ2) is 11.6. The molecule has 8 heteroatoms. The Kier molecular flexibility index (Phi) is 7.80. The van der Waals surface area contributed by atoms with E-state index in [0.29, 0.717) is 11.4 Å². The molecule has 0 saturated heterocycles. The van der Waals surface area contributed by atoms with Gasteiger partial charge in [-0.1, -0.05) is 91.8 Å². The fourth-order valence-electron chi connectivity index (χ4n) is 7.19. The fraction of sp³-hybridized carbons (Fsp3) is 0.300. The number of rotatable bonds is 6. The van der Waals surface area contributed by atoms with Crippen LogP contribution in [0.5, 0.6) is 0 Å². The number of amides is 4. The molecule has 0 atom stereocenters. The second-order valence-electron chi connectivity index (χ2n) is 13.7. The van der Waals surface area contributed by atoms with Crippen molar-refractivity contribution in [3.8, 4) is 12.1 Å². The van der Waals surface area contributed by atoms with Gasteiger partial charge in [-0.05, 0) is 58.1 Å². The molecular weight excluding hydrogens is 600 g/mol. The minimum absolute atomic E-state index is 0.0000489. The van der Waals surface area contributed by atoms with Crippen molar-refractivity contribution in [3.05, 3.63) is 104 Å². The predicted octanol–water partition coefficient (Wildman–Crippen LogP) is 8.68. The van der Waals surface area contributed by atoms with Crippen LogP contribution >= 0.6 is 0 Å². The highest BCUT2D eigenvalue weighted by Gasteiger charge is 2.45. The van der Waals surface area contributed by atoms with Crippen LogP contribution in [-0.4, -0.2) is 23.6 Å². The Morgan fingerprint density at radius 1 is 0.500 bits per heavy atom. The molecule has 0 unspecified atom stereocenters. The molecule has 4 aromatic rings. The maximum atomic E-state index is 14.7. The summed E-state index contributed by atoms with van der Waals surface area (Å²) in [4.78, 5) is 60.6. The number of carbonyl (C=O) groups excluding carboxylic acids is 4. The molecule has 2 heterocycles. The van der Waals surface area contributed by atoms with Crippen LogP contribution in [0.1, 0.15) is 154 Å². The van der Waals surface area contributed by atoms with Crippen LogP contribution in [-0.2, 0) is 0 Å². The number of para-hydroxylation sites is 2. The number of carbonyl (C=O) groups is 4. The number of benzene rings is 4. The monoisotopic (exact) mass is 636 g/mol. The van der Waals surface area contributed by atoms with E-state index in [1.165, 1.54) is 12.1 Å². The van der Waals surface area contributed by atoms with Crippen LogP contribution < -0.4 is 9.80 Å². The van der Waals surface area contributed by atoms with Gasteiger partial charge in [0.05, 0.1) is 44.8 Å². The van der Waals surface area contributed by atoms with Crippen LogP contribution in [0, 0.1) is 22.7 Å². The average Bonchev–Trinajstić information content (AvgIpc) is 3.05. The third kappa shape index (κ3) is 4.47. The SMILES string of the molecule is CC(C)c1cccc(C(C)C)c1N1C(=O)c2cc(C#N)c3c4c(c(C#N)cc(c24)C1=O)C(=O)N(c1c(C(C)C)cccc1C(C)C)C3=O. The van der Waals surface area contributed by atoms with Gasteiger partial charge in [-0.3, -0.25) is 19.2 Å². The zero-order chi connectivity index (χ0) is 34.9. The molecule has 0 aliphatic carbocycles. The maximum Gasteiger partial charge on any atom is 0.267 e. The lowest BCUT2D eigenvalue weighted by atomic mass is 9.80. The van der Waals surface area contributed by atoms with Gasteiger partial charge in [0.15, 0.2) is 0 Å². The number of hydrogen-bond donors (Lipinski definition) is 0. The zero-order valence-corrected chi connectivity index (χ0v) is 28.4. The van der Waals surface area contributed by atoms with Gasteiger partial charge in [0.2, 0.25) is 0 Å². The summed E-state index contributed by atoms with van der Waals surface area (Å²) in [6, 6.07) is 18.2. The third-order valence-electron chi connectivity index (χ3n) is 9.48. The number of nitriles is 2. The smallest absolute Gasteiger partial charge is 0.267 e. The molecule has 0 saturated carbocycles. The van der Waals surface area contributed by atoms with E-state index in [1.807, 2.05) is 91.8 Å². The van der Waals surface area contributed by atoms with E-state index in [4.69, 9.17) is 0 Å². The Balaban J connectivity index is 1.71. The minimum atomic E-state index is -0.735. The van der Waals surface area contributed by atoms with Crippen molar-refractivity contribution in [1.29, 1.82) is 10.5 Å². The van der Waals surface area contributed by atoms with Crippen molar-refractivity contribution in [2.45, 2.75) is 79.1 Å². The molecule has 0 fully saturated rings. The van der Waals surface area contributed by atoms with E-state index in [2.05, 4.69) is 12.1 Å². The summed E-state index contributed by atoms with van der Waals surface area (Å²) in [5, 5.41) is 21.1. The lowest BCUT2D eigenvalue weighted by Gasteiger charge is -2.36. The first-order valence-corrected chi connectivity index (χ1v) is 16.3. The van der Waals surface area contributed by atoms with Crippen LogP contribution in [0.2, 0.25) is 0 Å². The summed E-state index contributed by atoms with van der Waals surface area (Å²) in [5.74, 6) is -2.98. The van der Waals surface area contributed by atoms with Crippen molar-refractivity contribution < 1.29 is 19.2 Å². The molecular formula is C40H36N4O4. The lowest BCUT2D eigenvalue weighted by Crippen LogP contribution is -2.45. The number of imide groups is 2. The molecule has 0 spiro atoms. The highest BCUT2D eigenvalue weighted by Crippen LogP contribution is 2.47. The minimum Gasteiger partial charge on any atom is -0.268 e. The highest BCUT2D eigenvalue weighted by atomic mass is 16.2. The fourth-order valence-corrected chi connectivity index (χ4v) is 7.19. The van der Waals surface area contributed by atoms with E-state index in [9.17, 15) is 29.7 Å². The molecule has 8 nitrogen and oxygen atoms in total. The Labute approximate surface area is 280 Å². The molecule has 2 aliphatic rings. The normalized spacial score (nSPS) is 14.2. The Bertz CT molecular complexity index is 2070. The van der Waals surface area contributed by atoms with Gasteiger partial charge in [0, 0.05) is 10.8 Å². The van der Waals surface area contributed by atoms with Crippen molar-refractivity contribution in [3.63, 3.8) is 0 Å². The quantitative estimate of drug-likeness (QED) is 0.195. The number of nitrogens with zero attached hydrogens (tertiary/aromatic N) is 4. The number of anilines is 2. The Hall–Kier alpha value is -5.60. The van der Waals surface area contributed by atoms with Crippen LogP contribution in [0.25, 0.3) is 10.8 Å². The molecule has 6 rings (SSSR count). The third-order valence-corrected chi connectivity index (χ3v) is 9.48. The van der Waals surface area contributed by atoms with Gasteiger partial charge < -0.3 is 0 Å². The Morgan fingerprint density at radius 3 is 1.10 bits per heavy atom. The standard InChI is InChI=1S/C40H36N4O4/c1-19(2)25-11-9-12-26(20(3)4)35(25)43-37(45)29-15-23(17-41)31-34-32(24(18-42)16-30(33(29)34)38(43)46)40(48)44(39(31)47)36-27(21(5)6)13-10-14-28(36)22(7)8/h9-16,19-22H,1-8H3. The first-order valence-electron chi connectivity index (χ1n) is 16.3. The van der Waals surface area contributed by atoms with Crippen LogP contribution in [0.15, 0.2) is 48.5 Å². The second-order valence-corrected chi connectivity index (χ2v) is 13.7. The molecule has 240 valence electrons. The molecule has 4 amide bonds. The first-order chi connectivity index (χ1) is 22.8. The molecule has 0 bridgehead atoms. The maximum absolute atomic E-state index is 14.7. The van der Waals surface area contributed by atoms with Crippen molar-refractivity contribution in [2.75, 3.05) is 9.80 Å². The average molecular weight is 637 g/mol. The van der Waals surface area contributed by atoms with Gasteiger partial charge in [-0.2, -0.15) is 10.5 Å². The van der Waals surface area contributed by atoms with E-state index in [1.54, 1.807) is 0 Å². The number of hydrogen-bond acceptors (Lipinski definition) is 6. The Morgan fingerprint density at radius 2 is 0.812 bits per heavy atom. The van der Waals surface area contributed by atoms with E-state index >= 15 is 0 Å². The molecule has 0 N–H and O–H groups in total.